The van der Waals surface area contributed by atoms with Crippen LogP contribution < -0.4 is 14.2 Å². The molecule has 0 spiro atoms. The molecule has 1 aliphatic rings. The van der Waals surface area contributed by atoms with E-state index in [4.69, 9.17) is 14.2 Å². The van der Waals surface area contributed by atoms with Crippen molar-refractivity contribution in [3.8, 4) is 17.2 Å². The molecule has 0 aliphatic carbocycles. The summed E-state index contributed by atoms with van der Waals surface area (Å²) in [5.41, 5.74) is 1.53. The number of rotatable bonds is 7. The van der Waals surface area contributed by atoms with Crippen LogP contribution in [-0.4, -0.2) is 44.0 Å². The molecule has 1 unspecified atom stereocenters. The summed E-state index contributed by atoms with van der Waals surface area (Å²) >= 11 is 0. The highest BCUT2D eigenvalue weighted by Crippen LogP contribution is 2.38. The predicted molar refractivity (Wildman–Crippen MR) is 105 cm³/mol. The minimum Gasteiger partial charge on any atom is -0.497 e. The van der Waals surface area contributed by atoms with Crippen LogP contribution in [0.25, 0.3) is 0 Å². The number of carbonyl (C=O) groups excluding carboxylic acids is 2. The monoisotopic (exact) mass is 383 g/mol. The zero-order valence-electron chi connectivity index (χ0n) is 16.4. The highest BCUT2D eigenvalue weighted by Gasteiger charge is 2.32. The zero-order chi connectivity index (χ0) is 20.1. The van der Waals surface area contributed by atoms with Crippen LogP contribution >= 0.6 is 0 Å². The van der Waals surface area contributed by atoms with E-state index in [1.54, 1.807) is 38.5 Å². The lowest BCUT2D eigenvalue weighted by Gasteiger charge is -2.26. The molecule has 0 N–H and O–H groups in total. The van der Waals surface area contributed by atoms with Gasteiger partial charge in [0.05, 0.1) is 20.3 Å². The van der Waals surface area contributed by atoms with Gasteiger partial charge >= 0.3 is 0 Å². The Kier molecular flexibility index (Phi) is 6.19. The Balaban J connectivity index is 1.71. The summed E-state index contributed by atoms with van der Waals surface area (Å²) in [5, 5.41) is 0. The van der Waals surface area contributed by atoms with E-state index >= 15 is 0 Å². The molecule has 2 aromatic carbocycles. The van der Waals surface area contributed by atoms with E-state index in [0.717, 1.165) is 18.4 Å². The standard InChI is InChI=1S/C22H25NO5/c1-15(24)16-6-4-7-18(12-16)28-14-22(25)23-11-5-8-20(23)19-10-9-17(26-2)13-21(19)27-3/h4,6-7,9-10,12-13,20H,5,8,11,14H2,1-3H3. The fourth-order valence-electron chi connectivity index (χ4n) is 3.52. The maximum Gasteiger partial charge on any atom is 0.261 e. The van der Waals surface area contributed by atoms with Crippen LogP contribution in [0.4, 0.5) is 0 Å². The minimum absolute atomic E-state index is 0.0389. The lowest BCUT2D eigenvalue weighted by molar-refractivity contribution is -0.134. The summed E-state index contributed by atoms with van der Waals surface area (Å²) in [5.74, 6) is 1.81. The van der Waals surface area contributed by atoms with Crippen molar-refractivity contribution in [3.63, 3.8) is 0 Å². The Morgan fingerprint density at radius 2 is 1.89 bits per heavy atom. The van der Waals surface area contributed by atoms with Crippen molar-refractivity contribution >= 4 is 11.7 Å². The first-order valence-electron chi connectivity index (χ1n) is 9.28. The number of benzene rings is 2. The number of nitrogens with zero attached hydrogens (tertiary/aromatic N) is 1. The van der Waals surface area contributed by atoms with E-state index in [0.29, 0.717) is 29.4 Å². The van der Waals surface area contributed by atoms with E-state index in [9.17, 15) is 9.59 Å². The molecule has 3 rings (SSSR count). The van der Waals surface area contributed by atoms with E-state index < -0.39 is 0 Å². The molecule has 1 saturated heterocycles. The molecule has 0 saturated carbocycles. The van der Waals surface area contributed by atoms with Crippen molar-refractivity contribution in [1.82, 2.24) is 4.90 Å². The third-order valence-electron chi connectivity index (χ3n) is 4.98. The molecule has 28 heavy (non-hydrogen) atoms. The third-order valence-corrected chi connectivity index (χ3v) is 4.98. The first-order chi connectivity index (χ1) is 13.5. The van der Waals surface area contributed by atoms with Gasteiger partial charge in [0, 0.05) is 23.7 Å². The number of methoxy groups -OCH3 is 2. The lowest BCUT2D eigenvalue weighted by Crippen LogP contribution is -2.34. The number of hydrogen-bond donors (Lipinski definition) is 0. The molecule has 2 aromatic rings. The van der Waals surface area contributed by atoms with E-state index in [1.165, 1.54) is 6.92 Å². The molecule has 6 heteroatoms. The number of carbonyl (C=O) groups is 2. The van der Waals surface area contributed by atoms with Crippen molar-refractivity contribution < 1.29 is 23.8 Å². The van der Waals surface area contributed by atoms with Gasteiger partial charge in [-0.15, -0.1) is 0 Å². The first-order valence-corrected chi connectivity index (χ1v) is 9.28. The summed E-state index contributed by atoms with van der Waals surface area (Å²) in [6.07, 6.45) is 1.79. The van der Waals surface area contributed by atoms with Crippen LogP contribution in [0.2, 0.25) is 0 Å². The van der Waals surface area contributed by atoms with Gasteiger partial charge in [-0.05, 0) is 44.0 Å². The van der Waals surface area contributed by atoms with Crippen molar-refractivity contribution in [3.05, 3.63) is 53.6 Å². The van der Waals surface area contributed by atoms with Gasteiger partial charge in [-0.1, -0.05) is 12.1 Å². The molecule has 1 atom stereocenters. The predicted octanol–water partition coefficient (Wildman–Crippen LogP) is 3.65. The lowest BCUT2D eigenvalue weighted by atomic mass is 10.0. The largest absolute Gasteiger partial charge is 0.497 e. The molecule has 1 amide bonds. The minimum atomic E-state index is -0.0893. The number of hydrogen-bond acceptors (Lipinski definition) is 5. The summed E-state index contributed by atoms with van der Waals surface area (Å²) in [6, 6.07) is 12.5. The van der Waals surface area contributed by atoms with Gasteiger partial charge in [0.2, 0.25) is 0 Å². The van der Waals surface area contributed by atoms with Gasteiger partial charge in [0.25, 0.3) is 5.91 Å². The fourth-order valence-corrected chi connectivity index (χ4v) is 3.52. The maximum atomic E-state index is 12.8. The number of likely N-dealkylation sites (tertiary alicyclic amines) is 1. The summed E-state index contributed by atoms with van der Waals surface area (Å²) < 4.78 is 16.4. The van der Waals surface area contributed by atoms with Crippen LogP contribution in [0.3, 0.4) is 0 Å². The summed E-state index contributed by atoms with van der Waals surface area (Å²) in [7, 11) is 3.22. The normalized spacial score (nSPS) is 16.0. The Labute approximate surface area is 165 Å². The fraction of sp³-hybridized carbons (Fsp3) is 0.364. The van der Waals surface area contributed by atoms with Crippen LogP contribution in [0.5, 0.6) is 17.2 Å². The van der Waals surface area contributed by atoms with Crippen LogP contribution in [-0.2, 0) is 4.79 Å². The van der Waals surface area contributed by atoms with Crippen molar-refractivity contribution in [2.45, 2.75) is 25.8 Å². The molecule has 0 bridgehead atoms. The van der Waals surface area contributed by atoms with Crippen LogP contribution in [0, 0.1) is 0 Å². The van der Waals surface area contributed by atoms with Gasteiger partial charge in [-0.25, -0.2) is 0 Å². The van der Waals surface area contributed by atoms with E-state index in [2.05, 4.69) is 0 Å². The Morgan fingerprint density at radius 1 is 1.07 bits per heavy atom. The topological polar surface area (TPSA) is 65.1 Å². The Morgan fingerprint density at radius 3 is 2.61 bits per heavy atom. The van der Waals surface area contributed by atoms with Gasteiger partial charge in [-0.2, -0.15) is 0 Å². The highest BCUT2D eigenvalue weighted by atomic mass is 16.5. The van der Waals surface area contributed by atoms with Gasteiger partial charge < -0.3 is 19.1 Å². The van der Waals surface area contributed by atoms with E-state index in [-0.39, 0.29) is 24.3 Å². The molecule has 6 nitrogen and oxygen atoms in total. The van der Waals surface area contributed by atoms with Crippen molar-refractivity contribution in [1.29, 1.82) is 0 Å². The highest BCUT2D eigenvalue weighted by molar-refractivity contribution is 5.94. The number of ether oxygens (including phenoxy) is 3. The average molecular weight is 383 g/mol. The number of amides is 1. The molecule has 0 radical (unpaired) electrons. The van der Waals surface area contributed by atoms with Crippen molar-refractivity contribution in [2.24, 2.45) is 0 Å². The first kappa shape index (κ1) is 19.7. The summed E-state index contributed by atoms with van der Waals surface area (Å²) in [6.45, 7) is 2.10. The SMILES string of the molecule is COc1ccc(C2CCCN2C(=O)COc2cccc(C(C)=O)c2)c(OC)c1. The van der Waals surface area contributed by atoms with Crippen molar-refractivity contribution in [2.75, 3.05) is 27.4 Å². The molecule has 1 heterocycles. The third kappa shape index (κ3) is 4.27. The molecule has 148 valence electrons. The maximum absolute atomic E-state index is 12.8. The van der Waals surface area contributed by atoms with Gasteiger partial charge in [0.1, 0.15) is 17.2 Å². The molecule has 1 fully saturated rings. The quantitative estimate of drug-likeness (QED) is 0.683. The Bertz CT molecular complexity index is 864. The molecular formula is C22H25NO5. The summed E-state index contributed by atoms with van der Waals surface area (Å²) in [4.78, 5) is 26.1. The Hall–Kier alpha value is -3.02. The zero-order valence-corrected chi connectivity index (χ0v) is 16.4. The number of Topliss-reactive ketones (excluding diaryl/α,β-unsaturated/α-hetero) is 1. The smallest absolute Gasteiger partial charge is 0.261 e. The van der Waals surface area contributed by atoms with Gasteiger partial charge in [0.15, 0.2) is 12.4 Å². The second-order valence-electron chi connectivity index (χ2n) is 6.73. The average Bonchev–Trinajstić information content (AvgIpc) is 3.21. The van der Waals surface area contributed by atoms with Gasteiger partial charge in [-0.3, -0.25) is 9.59 Å². The second-order valence-corrected chi connectivity index (χ2v) is 6.73. The second kappa shape index (κ2) is 8.78. The molecular weight excluding hydrogens is 358 g/mol. The number of ketones is 1. The van der Waals surface area contributed by atoms with Crippen LogP contribution in [0.1, 0.15) is 41.7 Å². The van der Waals surface area contributed by atoms with Crippen LogP contribution in [0.15, 0.2) is 42.5 Å². The molecule has 1 aliphatic heterocycles. The van der Waals surface area contributed by atoms with E-state index in [1.807, 2.05) is 23.1 Å². The molecule has 0 aromatic heterocycles.